The second kappa shape index (κ2) is 8.22. The third kappa shape index (κ3) is 3.90. The highest BCUT2D eigenvalue weighted by Gasteiger charge is 2.13. The van der Waals surface area contributed by atoms with Crippen LogP contribution in [0.15, 0.2) is 148 Å². The average molecular weight is 449 g/mol. The zero-order chi connectivity index (χ0) is 21.3. The molecule has 0 unspecified atom stereocenters. The van der Waals surface area contributed by atoms with Gasteiger partial charge >= 0.3 is 0 Å². The molecule has 6 rings (SSSR count). The van der Waals surface area contributed by atoms with Crippen LogP contribution in [0.4, 0.5) is 0 Å². The summed E-state index contributed by atoms with van der Waals surface area (Å²) < 4.78 is 0. The lowest BCUT2D eigenvalue weighted by Crippen LogP contribution is -2.20. The molecule has 0 radical (unpaired) electrons. The predicted molar refractivity (Wildman–Crippen MR) is 126 cm³/mol. The fourth-order valence-electron chi connectivity index (χ4n) is 3.46. The van der Waals surface area contributed by atoms with Gasteiger partial charge in [0, 0.05) is 19.6 Å². The highest BCUT2D eigenvalue weighted by atomic mass is 32.2. The second-order valence-electron chi connectivity index (χ2n) is 7.23. The molecule has 0 fully saturated rings. The van der Waals surface area contributed by atoms with Crippen LogP contribution >= 0.6 is 23.5 Å². The topological polar surface area (TPSA) is 49.4 Å². The van der Waals surface area contributed by atoms with Gasteiger partial charge in [-0.2, -0.15) is 0 Å². The Morgan fingerprint density at radius 3 is 1.22 bits per heavy atom. The normalized spacial score (nSPS) is 15.8. The smallest absolute Gasteiger partial charge is 0.199 e. The fraction of sp³-hybridized carbons (Fsp3) is 0. The van der Waals surface area contributed by atoms with Crippen LogP contribution in [0.1, 0.15) is 0 Å². The Kier molecular flexibility index (Phi) is 4.94. The second-order valence-corrected chi connectivity index (χ2v) is 9.52. The van der Waals surface area contributed by atoms with E-state index in [4.69, 9.17) is 9.98 Å². The van der Waals surface area contributed by atoms with Gasteiger partial charge in [-0.1, -0.05) is 59.9 Å². The number of rotatable bonds is 4. The molecular weight excluding hydrogens is 432 g/mol. The summed E-state index contributed by atoms with van der Waals surface area (Å²) >= 11 is 3.42. The van der Waals surface area contributed by atoms with Crippen LogP contribution < -0.4 is 21.4 Å². The highest BCUT2D eigenvalue weighted by Crippen LogP contribution is 2.27. The Bertz CT molecular complexity index is 1490. The van der Waals surface area contributed by atoms with Gasteiger partial charge < -0.3 is 0 Å². The maximum Gasteiger partial charge on any atom is 0.199 e. The monoisotopic (exact) mass is 448 g/mol. The van der Waals surface area contributed by atoms with Crippen LogP contribution in [-0.4, -0.2) is 0 Å². The van der Waals surface area contributed by atoms with E-state index in [9.17, 15) is 0 Å². The van der Waals surface area contributed by atoms with E-state index in [2.05, 4.69) is 58.5 Å². The van der Waals surface area contributed by atoms with Gasteiger partial charge in [0.25, 0.3) is 0 Å². The van der Waals surface area contributed by atoms with Crippen molar-refractivity contribution in [2.45, 2.75) is 19.6 Å². The van der Waals surface area contributed by atoms with Crippen molar-refractivity contribution in [1.29, 1.82) is 0 Å². The lowest BCUT2D eigenvalue weighted by Gasteiger charge is -1.99. The SMILES string of the molecule is c1ccc(Sc2ccc3c(c2)=N/C(=C2\N=c4ccc(Sc5ccccc5)cc4=N2)N=3)cc1. The summed E-state index contributed by atoms with van der Waals surface area (Å²) in [5.74, 6) is 1.13. The van der Waals surface area contributed by atoms with Crippen molar-refractivity contribution < 1.29 is 0 Å². The molecule has 0 amide bonds. The van der Waals surface area contributed by atoms with Gasteiger partial charge in [-0.3, -0.25) is 0 Å². The first-order chi connectivity index (χ1) is 15.8. The van der Waals surface area contributed by atoms with Crippen molar-refractivity contribution in [1.82, 2.24) is 0 Å². The number of hydrogen-bond acceptors (Lipinski definition) is 6. The fourth-order valence-corrected chi connectivity index (χ4v) is 5.20. The van der Waals surface area contributed by atoms with E-state index in [0.29, 0.717) is 11.6 Å². The molecule has 0 spiro atoms. The van der Waals surface area contributed by atoms with Crippen molar-refractivity contribution in [3.05, 3.63) is 130 Å². The largest absolute Gasteiger partial charge is 0.224 e. The first kappa shape index (κ1) is 19.2. The van der Waals surface area contributed by atoms with E-state index < -0.39 is 0 Å². The lowest BCUT2D eigenvalue weighted by atomic mass is 10.3. The minimum Gasteiger partial charge on any atom is -0.224 e. The maximum atomic E-state index is 4.72. The first-order valence-corrected chi connectivity index (χ1v) is 11.8. The standard InChI is InChI=1S/C26H16N4S2/c1-3-7-17(8-4-1)31-19-11-13-21-23(15-19)29-25(27-21)26-28-22-14-12-20(16-24(22)30-26)32-18-9-5-2-6-10-18/h1-16H/b26-25+. The van der Waals surface area contributed by atoms with Crippen molar-refractivity contribution in [3.8, 4) is 0 Å². The van der Waals surface area contributed by atoms with Crippen LogP contribution in [0.2, 0.25) is 0 Å². The van der Waals surface area contributed by atoms with E-state index in [1.807, 2.05) is 48.5 Å². The molecule has 0 saturated heterocycles. The van der Waals surface area contributed by atoms with Crippen molar-refractivity contribution in [2.24, 2.45) is 20.0 Å². The summed E-state index contributed by atoms with van der Waals surface area (Å²) in [7, 11) is 0. The molecule has 0 saturated carbocycles. The molecule has 4 nitrogen and oxygen atoms in total. The van der Waals surface area contributed by atoms with Gasteiger partial charge in [0.05, 0.1) is 21.4 Å². The van der Waals surface area contributed by atoms with Crippen molar-refractivity contribution >= 4 is 23.5 Å². The number of fused-ring (bicyclic) bond motifs is 2. The van der Waals surface area contributed by atoms with Crippen molar-refractivity contribution in [3.63, 3.8) is 0 Å². The van der Waals surface area contributed by atoms with Crippen LogP contribution in [-0.2, 0) is 0 Å². The van der Waals surface area contributed by atoms with Crippen LogP contribution in [0.5, 0.6) is 0 Å². The number of nitrogens with zero attached hydrogens (tertiary/aromatic N) is 4. The van der Waals surface area contributed by atoms with E-state index in [1.54, 1.807) is 23.5 Å². The van der Waals surface area contributed by atoms with E-state index in [0.717, 1.165) is 31.2 Å². The molecule has 6 heteroatoms. The molecule has 152 valence electrons. The van der Waals surface area contributed by atoms with Crippen LogP contribution in [0, 0.1) is 0 Å². The number of benzene rings is 4. The van der Waals surface area contributed by atoms with Gasteiger partial charge in [-0.15, -0.1) is 0 Å². The summed E-state index contributed by atoms with van der Waals surface area (Å²) in [5, 5.41) is 3.42. The average Bonchev–Trinajstić information content (AvgIpc) is 3.44. The Labute approximate surface area is 192 Å². The van der Waals surface area contributed by atoms with Crippen LogP contribution in [0.3, 0.4) is 0 Å². The molecular formula is C26H16N4S2. The Hall–Kier alpha value is -3.48. The Balaban J connectivity index is 1.32. The van der Waals surface area contributed by atoms with E-state index in [1.165, 1.54) is 9.79 Å². The zero-order valence-corrected chi connectivity index (χ0v) is 18.5. The summed E-state index contributed by atoms with van der Waals surface area (Å²) in [5.41, 5.74) is 0. The highest BCUT2D eigenvalue weighted by molar-refractivity contribution is 7.99. The van der Waals surface area contributed by atoms with Gasteiger partial charge in [-0.25, -0.2) is 20.0 Å². The quantitative estimate of drug-likeness (QED) is 0.467. The molecule has 0 aliphatic carbocycles. The van der Waals surface area contributed by atoms with Gasteiger partial charge in [-0.05, 0) is 60.7 Å². The molecule has 4 aromatic carbocycles. The van der Waals surface area contributed by atoms with Gasteiger partial charge in [0.1, 0.15) is 0 Å². The predicted octanol–water partition coefficient (Wildman–Crippen LogP) is 4.32. The Morgan fingerprint density at radius 2 is 0.781 bits per heavy atom. The molecule has 0 N–H and O–H groups in total. The molecule has 0 atom stereocenters. The lowest BCUT2D eigenvalue weighted by molar-refractivity contribution is 1.08. The number of hydrogen-bond donors (Lipinski definition) is 0. The molecule has 32 heavy (non-hydrogen) atoms. The minimum atomic E-state index is 0.565. The molecule has 4 aromatic rings. The molecule has 2 aliphatic rings. The molecule has 0 bridgehead atoms. The summed E-state index contributed by atoms with van der Waals surface area (Å²) in [6.45, 7) is 0. The van der Waals surface area contributed by atoms with Crippen LogP contribution in [0.25, 0.3) is 0 Å². The van der Waals surface area contributed by atoms with E-state index in [-0.39, 0.29) is 0 Å². The van der Waals surface area contributed by atoms with Gasteiger partial charge in [0.2, 0.25) is 0 Å². The van der Waals surface area contributed by atoms with E-state index >= 15 is 0 Å². The van der Waals surface area contributed by atoms with Gasteiger partial charge in [0.15, 0.2) is 11.6 Å². The molecule has 2 aliphatic heterocycles. The zero-order valence-electron chi connectivity index (χ0n) is 16.8. The first-order valence-electron chi connectivity index (χ1n) is 10.2. The summed E-state index contributed by atoms with van der Waals surface area (Å²) in [6.07, 6.45) is 0. The maximum absolute atomic E-state index is 4.72. The third-order valence-corrected chi connectivity index (χ3v) is 6.95. The molecule has 2 heterocycles. The minimum absolute atomic E-state index is 0.565. The molecule has 0 aromatic heterocycles. The third-order valence-electron chi connectivity index (χ3n) is 4.96. The Morgan fingerprint density at radius 1 is 0.375 bits per heavy atom. The summed E-state index contributed by atoms with van der Waals surface area (Å²) in [6, 6.07) is 32.9. The van der Waals surface area contributed by atoms with Crippen molar-refractivity contribution in [2.75, 3.05) is 0 Å². The summed E-state index contributed by atoms with van der Waals surface area (Å²) in [4.78, 5) is 23.4.